The van der Waals surface area contributed by atoms with Gasteiger partial charge in [0.25, 0.3) is 0 Å². The molecule has 0 aromatic carbocycles. The molecule has 0 rings (SSSR count). The molecule has 25 heavy (non-hydrogen) atoms. The zero-order chi connectivity index (χ0) is 19.3. The molecule has 0 spiro atoms. The van der Waals surface area contributed by atoms with E-state index in [1.165, 1.54) is 0 Å². The van der Waals surface area contributed by atoms with Crippen LogP contribution in [0.5, 0.6) is 0 Å². The molecule has 150 valence electrons. The summed E-state index contributed by atoms with van der Waals surface area (Å²) in [5.74, 6) is 0.538. The number of thioether (sulfide) groups is 1. The first kappa shape index (κ1) is 24.9. The Morgan fingerprint density at radius 2 is 1.52 bits per heavy atom. The lowest BCUT2D eigenvalue weighted by Gasteiger charge is -2.34. The Morgan fingerprint density at radius 3 is 1.92 bits per heavy atom. The molecule has 0 aromatic heterocycles. The van der Waals surface area contributed by atoms with Crippen molar-refractivity contribution < 1.29 is 27.3 Å². The Hall–Kier alpha value is -0.123. The van der Waals surface area contributed by atoms with Gasteiger partial charge < -0.3 is 22.5 Å². The fourth-order valence-electron chi connectivity index (χ4n) is 2.27. The summed E-state index contributed by atoms with van der Waals surface area (Å²) in [7, 11) is 3.50. The number of carbonyl (C=O) groups excluding carboxylic acids is 1. The summed E-state index contributed by atoms with van der Waals surface area (Å²) in [5, 5.41) is 0. The Balaban J connectivity index is 4.51. The van der Waals surface area contributed by atoms with Crippen LogP contribution >= 0.6 is 11.8 Å². The molecule has 0 saturated heterocycles. The van der Waals surface area contributed by atoms with Gasteiger partial charge in [0.05, 0.1) is 32.4 Å². The average molecular weight is 397 g/mol. The molecule has 0 saturated carbocycles. The summed E-state index contributed by atoms with van der Waals surface area (Å²) in [6, 6.07) is 0. The van der Waals surface area contributed by atoms with Crippen LogP contribution in [0.3, 0.4) is 0 Å². The van der Waals surface area contributed by atoms with Crippen LogP contribution in [-0.2, 0) is 22.8 Å². The first-order chi connectivity index (χ1) is 11.7. The Bertz CT molecular complexity index is 348. The molecule has 0 fully saturated rings. The molecular weight excluding hydrogens is 358 g/mol. The molecule has 0 aliphatic carbocycles. The van der Waals surface area contributed by atoms with Gasteiger partial charge in [0.15, 0.2) is 0 Å². The summed E-state index contributed by atoms with van der Waals surface area (Å²) in [6.45, 7) is 11.0. The number of hydrogen-bond donors (Lipinski definition) is 0. The van der Waals surface area contributed by atoms with Crippen LogP contribution < -0.4 is 0 Å². The third-order valence-corrected chi connectivity index (χ3v) is 9.26. The van der Waals surface area contributed by atoms with E-state index in [1.807, 2.05) is 20.8 Å². The summed E-state index contributed by atoms with van der Waals surface area (Å²) < 4.78 is 24.0. The van der Waals surface area contributed by atoms with Gasteiger partial charge in [-0.25, -0.2) is 0 Å². The van der Waals surface area contributed by atoms with E-state index in [2.05, 4.69) is 28.1 Å². The lowest BCUT2D eigenvalue weighted by Crippen LogP contribution is -2.55. The van der Waals surface area contributed by atoms with Crippen molar-refractivity contribution in [1.82, 2.24) is 0 Å². The number of likely N-dealkylation sites (N-methyl/N-ethyl adjacent to an activating group) is 1. The molecular formula is C17H38NO5SSi+. The van der Waals surface area contributed by atoms with Gasteiger partial charge in [-0.3, -0.25) is 4.79 Å². The van der Waals surface area contributed by atoms with E-state index in [4.69, 9.17) is 18.0 Å². The molecule has 1 unspecified atom stereocenters. The fourth-order valence-corrected chi connectivity index (χ4v) is 7.37. The van der Waals surface area contributed by atoms with Gasteiger partial charge in [-0.2, -0.15) is 11.8 Å². The predicted octanol–water partition coefficient (Wildman–Crippen LogP) is 2.73. The average Bonchev–Trinajstić information content (AvgIpc) is 2.51. The number of nitrogens with zero attached hydrogens (tertiary/aromatic N) is 1. The van der Waals surface area contributed by atoms with Crippen molar-refractivity contribution in [2.75, 3.05) is 59.9 Å². The van der Waals surface area contributed by atoms with E-state index >= 15 is 0 Å². The smallest absolute Gasteiger partial charge is 0.460 e. The molecule has 0 radical (unpaired) electrons. The van der Waals surface area contributed by atoms with E-state index in [0.29, 0.717) is 38.6 Å². The van der Waals surface area contributed by atoms with E-state index in [-0.39, 0.29) is 10.8 Å². The number of carbonyl (C=O) groups is 1. The molecule has 0 bridgehead atoms. The van der Waals surface area contributed by atoms with Crippen LogP contribution in [-0.4, -0.2) is 84.0 Å². The summed E-state index contributed by atoms with van der Waals surface area (Å²) in [6.07, 6.45) is 1.28. The summed E-state index contributed by atoms with van der Waals surface area (Å²) >= 11 is 1.70. The first-order valence-electron chi connectivity index (χ1n) is 9.24. The highest BCUT2D eigenvalue weighted by Gasteiger charge is 2.48. The first-order valence-corrected chi connectivity index (χ1v) is 12.1. The van der Waals surface area contributed by atoms with Gasteiger partial charge in [0, 0.05) is 25.6 Å². The summed E-state index contributed by atoms with van der Waals surface area (Å²) in [4.78, 5) is 12.0. The van der Waals surface area contributed by atoms with Crippen molar-refractivity contribution in [1.29, 1.82) is 0 Å². The third kappa shape index (κ3) is 10.6. The summed E-state index contributed by atoms with van der Waals surface area (Å²) in [5.41, 5.74) is 0. The molecule has 0 heterocycles. The van der Waals surface area contributed by atoms with Crippen LogP contribution in [0.25, 0.3) is 0 Å². The second-order valence-corrected chi connectivity index (χ2v) is 11.2. The van der Waals surface area contributed by atoms with Gasteiger partial charge in [-0.1, -0.05) is 6.92 Å². The Kier molecular flexibility index (Phi) is 13.0. The number of ether oxygens (including phenoxy) is 1. The zero-order valence-electron chi connectivity index (χ0n) is 17.1. The number of hydrogen-bond acceptors (Lipinski definition) is 6. The highest BCUT2D eigenvalue weighted by Crippen LogP contribution is 2.29. The number of esters is 1. The zero-order valence-corrected chi connectivity index (χ0v) is 18.9. The Morgan fingerprint density at radius 1 is 1.00 bits per heavy atom. The second-order valence-electron chi connectivity index (χ2n) is 6.65. The monoisotopic (exact) mass is 396 g/mol. The van der Waals surface area contributed by atoms with Crippen LogP contribution in [0.2, 0.25) is 0 Å². The standard InChI is InChI=1S/C17H38NO5SSi/c1-8-17(25(21-9-2,22-10-3)23-11-4)24-15-12-16(19)20-14-13-18(5,6)7/h17H,8-15H2,1-7H3/q+1. The van der Waals surface area contributed by atoms with Gasteiger partial charge in [0.2, 0.25) is 0 Å². The van der Waals surface area contributed by atoms with E-state index in [9.17, 15) is 4.79 Å². The second kappa shape index (κ2) is 13.1. The van der Waals surface area contributed by atoms with Gasteiger partial charge in [-0.15, -0.1) is 0 Å². The van der Waals surface area contributed by atoms with Crippen LogP contribution in [0.15, 0.2) is 0 Å². The number of rotatable bonds is 15. The van der Waals surface area contributed by atoms with Gasteiger partial charge in [0.1, 0.15) is 13.2 Å². The topological polar surface area (TPSA) is 54.0 Å². The van der Waals surface area contributed by atoms with Crippen LogP contribution in [0.4, 0.5) is 0 Å². The number of quaternary nitrogens is 1. The Labute approximate surface area is 159 Å². The minimum absolute atomic E-state index is 0.131. The molecule has 6 nitrogen and oxygen atoms in total. The molecule has 0 aliphatic rings. The molecule has 0 aromatic rings. The molecule has 1 atom stereocenters. The van der Waals surface area contributed by atoms with E-state index in [0.717, 1.165) is 17.4 Å². The molecule has 0 aliphatic heterocycles. The van der Waals surface area contributed by atoms with Crippen LogP contribution in [0, 0.1) is 0 Å². The van der Waals surface area contributed by atoms with Crippen molar-refractivity contribution in [2.24, 2.45) is 0 Å². The lowest BCUT2D eigenvalue weighted by molar-refractivity contribution is -0.870. The third-order valence-electron chi connectivity index (χ3n) is 3.45. The highest BCUT2D eigenvalue weighted by molar-refractivity contribution is 8.01. The van der Waals surface area contributed by atoms with Crippen LogP contribution in [0.1, 0.15) is 40.5 Å². The van der Waals surface area contributed by atoms with Crippen molar-refractivity contribution >= 4 is 26.5 Å². The highest BCUT2D eigenvalue weighted by atomic mass is 32.2. The maximum absolute atomic E-state index is 11.9. The minimum atomic E-state index is -2.74. The molecule has 0 N–H and O–H groups in total. The quantitative estimate of drug-likeness (QED) is 0.241. The lowest BCUT2D eigenvalue weighted by atomic mass is 10.5. The molecule has 0 amide bonds. The van der Waals surface area contributed by atoms with E-state index in [1.54, 1.807) is 11.8 Å². The minimum Gasteiger partial charge on any atom is -0.460 e. The maximum Gasteiger partial charge on any atom is 0.514 e. The van der Waals surface area contributed by atoms with Crippen molar-refractivity contribution in [3.63, 3.8) is 0 Å². The normalized spacial score (nSPS) is 13.7. The largest absolute Gasteiger partial charge is 0.514 e. The van der Waals surface area contributed by atoms with Gasteiger partial charge in [-0.05, 0) is 27.2 Å². The van der Waals surface area contributed by atoms with Crippen molar-refractivity contribution in [3.8, 4) is 0 Å². The fraction of sp³-hybridized carbons (Fsp3) is 0.941. The molecule has 8 heteroatoms. The SMILES string of the molecule is CCO[Si](OCC)(OCC)C(CC)SCCC(=O)OCC[N+](C)(C)C. The van der Waals surface area contributed by atoms with E-state index < -0.39 is 8.80 Å². The van der Waals surface area contributed by atoms with Gasteiger partial charge >= 0.3 is 14.8 Å². The maximum atomic E-state index is 11.9. The predicted molar refractivity (Wildman–Crippen MR) is 106 cm³/mol. The van der Waals surface area contributed by atoms with Crippen molar-refractivity contribution in [3.05, 3.63) is 0 Å². The van der Waals surface area contributed by atoms with Crippen molar-refractivity contribution in [2.45, 2.75) is 45.4 Å².